The van der Waals surface area contributed by atoms with Crippen LogP contribution in [0.1, 0.15) is 46.0 Å². The van der Waals surface area contributed by atoms with E-state index >= 15 is 0 Å². The molecule has 92 valence electrons. The van der Waals surface area contributed by atoms with Crippen LogP contribution in [0.15, 0.2) is 0 Å². The molecular weight excluding hydrogens is 206 g/mol. The first-order chi connectivity index (χ1) is 7.57. The molecule has 0 aliphatic heterocycles. The van der Waals surface area contributed by atoms with Gasteiger partial charge >= 0.3 is 0 Å². The summed E-state index contributed by atoms with van der Waals surface area (Å²) in [7, 11) is 0. The Balaban J connectivity index is 3.40. The number of nitrogens with one attached hydrogen (secondary N) is 1. The number of Topliss-reactive ketones (excluding diaryl/α,β-unsaturated/α-hetero) is 1. The van der Waals surface area contributed by atoms with Crippen LogP contribution in [0.4, 0.5) is 0 Å². The van der Waals surface area contributed by atoms with Gasteiger partial charge in [0.15, 0.2) is 0 Å². The van der Waals surface area contributed by atoms with Gasteiger partial charge in [0.05, 0.1) is 0 Å². The third-order valence-corrected chi connectivity index (χ3v) is 2.40. The van der Waals surface area contributed by atoms with E-state index in [9.17, 15) is 14.4 Å². The van der Waals surface area contributed by atoms with Gasteiger partial charge in [-0.2, -0.15) is 0 Å². The Kier molecular flexibility index (Phi) is 8.39. The zero-order valence-corrected chi connectivity index (χ0v) is 10.1. The zero-order chi connectivity index (χ0) is 12.4. The molecule has 0 spiro atoms. The lowest BCUT2D eigenvalue weighted by molar-refractivity contribution is -0.126. The summed E-state index contributed by atoms with van der Waals surface area (Å²) in [4.78, 5) is 32.2. The fraction of sp³-hybridized carbons (Fsp3) is 0.750. The molecular formula is C12H21NO3. The summed E-state index contributed by atoms with van der Waals surface area (Å²) in [6, 6.07) is 0. The summed E-state index contributed by atoms with van der Waals surface area (Å²) in [6.45, 7) is 3.95. The van der Waals surface area contributed by atoms with Crippen LogP contribution >= 0.6 is 0 Å². The van der Waals surface area contributed by atoms with Gasteiger partial charge in [0.1, 0.15) is 12.1 Å². The van der Waals surface area contributed by atoms with E-state index in [-0.39, 0.29) is 24.0 Å². The highest BCUT2D eigenvalue weighted by molar-refractivity contribution is 5.80. The molecule has 1 N–H and O–H groups in total. The second-order valence-corrected chi connectivity index (χ2v) is 4.11. The molecule has 0 aliphatic rings. The fourth-order valence-electron chi connectivity index (χ4n) is 1.31. The summed E-state index contributed by atoms with van der Waals surface area (Å²) < 4.78 is 0. The van der Waals surface area contributed by atoms with Crippen molar-refractivity contribution in [2.75, 3.05) is 6.54 Å². The normalized spacial score (nSPS) is 11.9. The minimum Gasteiger partial charge on any atom is -0.356 e. The van der Waals surface area contributed by atoms with Gasteiger partial charge in [0, 0.05) is 25.3 Å². The number of rotatable bonds is 9. The van der Waals surface area contributed by atoms with Crippen LogP contribution in [-0.4, -0.2) is 24.5 Å². The molecule has 4 heteroatoms. The molecule has 0 aromatic rings. The van der Waals surface area contributed by atoms with Crippen LogP contribution < -0.4 is 5.32 Å². The van der Waals surface area contributed by atoms with Crippen LogP contribution in [0.2, 0.25) is 0 Å². The number of hydrogen-bond donors (Lipinski definition) is 1. The van der Waals surface area contributed by atoms with Crippen molar-refractivity contribution < 1.29 is 14.4 Å². The first-order valence-electron chi connectivity index (χ1n) is 5.78. The molecule has 1 unspecified atom stereocenters. The number of amides is 1. The van der Waals surface area contributed by atoms with Crippen LogP contribution in [0.3, 0.4) is 0 Å². The number of ketones is 1. The van der Waals surface area contributed by atoms with Gasteiger partial charge in [-0.05, 0) is 19.8 Å². The maximum atomic E-state index is 11.3. The third-order valence-electron chi connectivity index (χ3n) is 2.40. The first-order valence-corrected chi connectivity index (χ1v) is 5.78. The van der Waals surface area contributed by atoms with Crippen LogP contribution in [-0.2, 0) is 14.4 Å². The van der Waals surface area contributed by atoms with Crippen molar-refractivity contribution in [2.24, 2.45) is 5.92 Å². The Bertz CT molecular complexity index is 238. The van der Waals surface area contributed by atoms with Gasteiger partial charge in [0.25, 0.3) is 0 Å². The Morgan fingerprint density at radius 1 is 1.25 bits per heavy atom. The number of aldehydes is 1. The molecule has 1 atom stereocenters. The summed E-state index contributed by atoms with van der Waals surface area (Å²) in [5, 5.41) is 2.77. The highest BCUT2D eigenvalue weighted by Gasteiger charge is 2.10. The van der Waals surface area contributed by atoms with E-state index in [2.05, 4.69) is 5.32 Å². The predicted molar refractivity (Wildman–Crippen MR) is 62.0 cm³/mol. The van der Waals surface area contributed by atoms with Gasteiger partial charge in [-0.3, -0.25) is 4.79 Å². The third kappa shape index (κ3) is 8.15. The van der Waals surface area contributed by atoms with E-state index in [1.54, 1.807) is 13.8 Å². The predicted octanol–water partition coefficient (Wildman–Crippen LogP) is 1.48. The highest BCUT2D eigenvalue weighted by atomic mass is 16.2. The van der Waals surface area contributed by atoms with Gasteiger partial charge in [-0.25, -0.2) is 0 Å². The van der Waals surface area contributed by atoms with Gasteiger partial charge < -0.3 is 14.9 Å². The Hall–Kier alpha value is -1.19. The fourth-order valence-corrected chi connectivity index (χ4v) is 1.31. The van der Waals surface area contributed by atoms with Gasteiger partial charge in [-0.15, -0.1) is 0 Å². The van der Waals surface area contributed by atoms with Gasteiger partial charge in [-0.1, -0.05) is 13.3 Å². The smallest absolute Gasteiger partial charge is 0.223 e. The molecule has 4 nitrogen and oxygen atoms in total. The molecule has 0 aromatic carbocycles. The molecule has 0 heterocycles. The Labute approximate surface area is 96.8 Å². The van der Waals surface area contributed by atoms with Crippen molar-refractivity contribution in [3.63, 3.8) is 0 Å². The average Bonchev–Trinajstić information content (AvgIpc) is 2.22. The molecule has 0 aliphatic carbocycles. The van der Waals surface area contributed by atoms with E-state index in [0.29, 0.717) is 13.0 Å². The number of hydrogen-bond acceptors (Lipinski definition) is 3. The zero-order valence-electron chi connectivity index (χ0n) is 10.1. The summed E-state index contributed by atoms with van der Waals surface area (Å²) in [5.41, 5.74) is 0. The first kappa shape index (κ1) is 14.8. The number of carbonyl (C=O) groups excluding carboxylic acids is 3. The van der Waals surface area contributed by atoms with E-state index in [1.165, 1.54) is 0 Å². The minimum atomic E-state index is -0.241. The molecule has 16 heavy (non-hydrogen) atoms. The summed E-state index contributed by atoms with van der Waals surface area (Å²) in [5.74, 6) is -0.1000. The van der Waals surface area contributed by atoms with E-state index in [4.69, 9.17) is 0 Å². The van der Waals surface area contributed by atoms with Crippen molar-refractivity contribution in [1.29, 1.82) is 0 Å². The highest BCUT2D eigenvalue weighted by Crippen LogP contribution is 2.01. The van der Waals surface area contributed by atoms with Gasteiger partial charge in [0.2, 0.25) is 5.91 Å². The Morgan fingerprint density at radius 2 is 1.94 bits per heavy atom. The standard InChI is InChI=1S/C12H21NO3/c1-10(7-9-14)12(16)13-8-5-3-4-6-11(2)15/h9-10H,3-8H2,1-2H3,(H,13,16). The molecule has 0 fully saturated rings. The lowest BCUT2D eigenvalue weighted by Crippen LogP contribution is -2.30. The molecule has 0 radical (unpaired) electrons. The molecule has 1 amide bonds. The summed E-state index contributed by atoms with van der Waals surface area (Å²) in [6.07, 6.45) is 4.37. The van der Waals surface area contributed by atoms with Crippen LogP contribution in [0, 0.1) is 5.92 Å². The van der Waals surface area contributed by atoms with Crippen molar-refractivity contribution in [2.45, 2.75) is 46.0 Å². The topological polar surface area (TPSA) is 63.2 Å². The SMILES string of the molecule is CC(=O)CCCCCNC(=O)C(C)CC=O. The minimum absolute atomic E-state index is 0.0707. The second-order valence-electron chi connectivity index (χ2n) is 4.11. The molecule has 0 rings (SSSR count). The molecule has 0 saturated heterocycles. The van der Waals surface area contributed by atoms with Crippen LogP contribution in [0.5, 0.6) is 0 Å². The maximum Gasteiger partial charge on any atom is 0.223 e. The van der Waals surface area contributed by atoms with Crippen molar-refractivity contribution >= 4 is 18.0 Å². The Morgan fingerprint density at radius 3 is 2.50 bits per heavy atom. The lowest BCUT2D eigenvalue weighted by atomic mass is 10.1. The van der Waals surface area contributed by atoms with Crippen LogP contribution in [0.25, 0.3) is 0 Å². The van der Waals surface area contributed by atoms with E-state index < -0.39 is 0 Å². The molecule has 0 saturated carbocycles. The van der Waals surface area contributed by atoms with Crippen molar-refractivity contribution in [1.82, 2.24) is 5.32 Å². The second kappa shape index (κ2) is 9.07. The quantitative estimate of drug-likeness (QED) is 0.479. The molecule has 0 aromatic heterocycles. The number of carbonyl (C=O) groups is 3. The summed E-state index contributed by atoms with van der Waals surface area (Å²) >= 11 is 0. The lowest BCUT2D eigenvalue weighted by Gasteiger charge is -2.08. The monoisotopic (exact) mass is 227 g/mol. The largest absolute Gasteiger partial charge is 0.356 e. The van der Waals surface area contributed by atoms with Crippen molar-refractivity contribution in [3.8, 4) is 0 Å². The molecule has 0 bridgehead atoms. The van der Waals surface area contributed by atoms with Crippen molar-refractivity contribution in [3.05, 3.63) is 0 Å². The van der Waals surface area contributed by atoms with E-state index in [1.807, 2.05) is 0 Å². The van der Waals surface area contributed by atoms with E-state index in [0.717, 1.165) is 25.5 Å². The maximum absolute atomic E-state index is 11.3. The number of unbranched alkanes of at least 4 members (excludes halogenated alkanes) is 2. The average molecular weight is 227 g/mol.